The average Bonchev–Trinajstić information content (AvgIpc) is 2.73. The summed E-state index contributed by atoms with van der Waals surface area (Å²) < 4.78 is 46.8. The molecule has 0 radical (unpaired) electrons. The monoisotopic (exact) mass is 494 g/mol. The van der Waals surface area contributed by atoms with Gasteiger partial charge in [-0.2, -0.15) is 0 Å². The topological polar surface area (TPSA) is 75.7 Å². The summed E-state index contributed by atoms with van der Waals surface area (Å²) in [5.74, 6) is -0.746. The van der Waals surface area contributed by atoms with Crippen molar-refractivity contribution in [1.82, 2.24) is 0 Å². The van der Waals surface area contributed by atoms with Crippen LogP contribution < -0.4 is 14.4 Å². The first-order chi connectivity index (χ1) is 15.2. The van der Waals surface area contributed by atoms with Crippen molar-refractivity contribution in [3.05, 3.63) is 82.1 Å². The van der Waals surface area contributed by atoms with Gasteiger partial charge in [0.15, 0.2) is 0 Å². The van der Waals surface area contributed by atoms with Gasteiger partial charge in [-0.3, -0.25) is 9.10 Å². The fourth-order valence-corrected chi connectivity index (χ4v) is 5.46. The number of anilines is 2. The van der Waals surface area contributed by atoms with E-state index in [1.165, 1.54) is 22.5 Å². The number of nitrogens with zero attached hydrogens (tertiary/aromatic N) is 1. The van der Waals surface area contributed by atoms with Crippen molar-refractivity contribution in [3.63, 3.8) is 0 Å². The summed E-state index contributed by atoms with van der Waals surface area (Å²) >= 11 is 12.2. The van der Waals surface area contributed by atoms with Gasteiger partial charge in [-0.05, 0) is 61.5 Å². The fourth-order valence-electron chi connectivity index (χ4n) is 3.35. The molecule has 1 unspecified atom stereocenters. The van der Waals surface area contributed by atoms with E-state index in [9.17, 15) is 17.6 Å². The number of rotatable bonds is 4. The SMILES string of the molecule is CC1CN(S(=O)(=O)c2ccc(F)cc2)c2cc(NC(=O)c3c(Cl)cccc3Cl)ccc2O1. The normalized spacial score (nSPS) is 15.6. The molecule has 0 aromatic heterocycles. The Labute approximate surface area is 194 Å². The predicted octanol–water partition coefficient (Wildman–Crippen LogP) is 5.36. The predicted molar refractivity (Wildman–Crippen MR) is 122 cm³/mol. The Balaban J connectivity index is 1.71. The smallest absolute Gasteiger partial charge is 0.264 e. The Morgan fingerprint density at radius 3 is 2.41 bits per heavy atom. The van der Waals surface area contributed by atoms with Crippen molar-refractivity contribution >= 4 is 50.5 Å². The Morgan fingerprint density at radius 2 is 1.75 bits per heavy atom. The molecule has 3 aromatic rings. The van der Waals surface area contributed by atoms with E-state index in [1.54, 1.807) is 37.3 Å². The lowest BCUT2D eigenvalue weighted by atomic mass is 10.2. The zero-order valence-corrected chi connectivity index (χ0v) is 19.0. The second kappa shape index (κ2) is 8.61. The van der Waals surface area contributed by atoms with Crippen molar-refractivity contribution in [2.45, 2.75) is 17.9 Å². The van der Waals surface area contributed by atoms with E-state index in [2.05, 4.69) is 5.32 Å². The summed E-state index contributed by atoms with van der Waals surface area (Å²) in [6, 6.07) is 13.9. The van der Waals surface area contributed by atoms with E-state index < -0.39 is 27.9 Å². The van der Waals surface area contributed by atoms with Gasteiger partial charge in [0.25, 0.3) is 15.9 Å². The number of nitrogens with one attached hydrogen (secondary N) is 1. The number of ether oxygens (including phenoxy) is 1. The van der Waals surface area contributed by atoms with Crippen LogP contribution in [0.15, 0.2) is 65.6 Å². The molecule has 0 saturated carbocycles. The summed E-state index contributed by atoms with van der Waals surface area (Å²) in [4.78, 5) is 12.7. The van der Waals surface area contributed by atoms with Crippen LogP contribution >= 0.6 is 23.2 Å². The molecule has 1 aliphatic heterocycles. The van der Waals surface area contributed by atoms with Crippen LogP contribution in [-0.2, 0) is 10.0 Å². The lowest BCUT2D eigenvalue weighted by molar-refractivity contribution is 0.102. The Bertz CT molecular complexity index is 1280. The third kappa shape index (κ3) is 4.26. The van der Waals surface area contributed by atoms with Gasteiger partial charge in [0, 0.05) is 5.69 Å². The molecule has 1 aliphatic rings. The number of hydrogen-bond donors (Lipinski definition) is 1. The van der Waals surface area contributed by atoms with E-state index in [0.717, 1.165) is 12.1 Å². The number of carbonyl (C=O) groups is 1. The van der Waals surface area contributed by atoms with Crippen molar-refractivity contribution in [2.75, 3.05) is 16.2 Å². The molecule has 4 rings (SSSR count). The van der Waals surface area contributed by atoms with Crippen LogP contribution in [0, 0.1) is 5.82 Å². The van der Waals surface area contributed by atoms with Crippen molar-refractivity contribution < 1.29 is 22.3 Å². The highest BCUT2D eigenvalue weighted by molar-refractivity contribution is 7.92. The standard InChI is InChI=1S/C22H17Cl2FN2O4S/c1-13-12-27(32(29,30)16-8-5-14(25)6-9-16)19-11-15(7-10-20(19)31-13)26-22(28)21-17(23)3-2-4-18(21)24/h2-11,13H,12H2,1H3,(H,26,28). The molecule has 6 nitrogen and oxygen atoms in total. The summed E-state index contributed by atoms with van der Waals surface area (Å²) in [5, 5.41) is 3.06. The van der Waals surface area contributed by atoms with Crippen molar-refractivity contribution in [1.29, 1.82) is 0 Å². The van der Waals surface area contributed by atoms with Gasteiger partial charge < -0.3 is 10.1 Å². The summed E-state index contributed by atoms with van der Waals surface area (Å²) in [7, 11) is -4.00. The van der Waals surface area contributed by atoms with Gasteiger partial charge in [0.1, 0.15) is 17.7 Å². The minimum absolute atomic E-state index is 0.0421. The van der Waals surface area contributed by atoms with E-state index in [-0.39, 0.29) is 32.7 Å². The minimum atomic E-state index is -4.00. The van der Waals surface area contributed by atoms with Gasteiger partial charge in [0.05, 0.1) is 32.7 Å². The molecule has 0 fully saturated rings. The number of halogens is 3. The van der Waals surface area contributed by atoms with Gasteiger partial charge in [-0.25, -0.2) is 12.8 Å². The zero-order valence-electron chi connectivity index (χ0n) is 16.7. The molecular weight excluding hydrogens is 478 g/mol. The second-order valence-corrected chi connectivity index (χ2v) is 9.83. The van der Waals surface area contributed by atoms with E-state index >= 15 is 0 Å². The molecule has 10 heteroatoms. The molecule has 0 spiro atoms. The molecule has 1 heterocycles. The summed E-state index contributed by atoms with van der Waals surface area (Å²) in [6.45, 7) is 1.78. The van der Waals surface area contributed by atoms with Gasteiger partial charge >= 0.3 is 0 Å². The van der Waals surface area contributed by atoms with Crippen LogP contribution in [-0.4, -0.2) is 27.0 Å². The molecule has 3 aromatic carbocycles. The average molecular weight is 495 g/mol. The summed E-state index contributed by atoms with van der Waals surface area (Å²) in [5.41, 5.74) is 0.673. The summed E-state index contributed by atoms with van der Waals surface area (Å²) in [6.07, 6.45) is -0.417. The largest absolute Gasteiger partial charge is 0.487 e. The molecule has 166 valence electrons. The number of benzene rings is 3. The number of sulfonamides is 1. The Hall–Kier alpha value is -2.81. The molecule has 1 N–H and O–H groups in total. The second-order valence-electron chi connectivity index (χ2n) is 7.15. The molecule has 0 bridgehead atoms. The molecule has 1 amide bonds. The van der Waals surface area contributed by atoms with Gasteiger partial charge in [0.2, 0.25) is 0 Å². The van der Waals surface area contributed by atoms with Gasteiger partial charge in [-0.15, -0.1) is 0 Å². The van der Waals surface area contributed by atoms with Crippen LogP contribution in [0.1, 0.15) is 17.3 Å². The van der Waals surface area contributed by atoms with E-state index in [0.29, 0.717) is 11.4 Å². The first-order valence-corrected chi connectivity index (χ1v) is 11.7. The highest BCUT2D eigenvalue weighted by atomic mass is 35.5. The van der Waals surface area contributed by atoms with E-state index in [1.807, 2.05) is 0 Å². The molecule has 32 heavy (non-hydrogen) atoms. The minimum Gasteiger partial charge on any atom is -0.487 e. The van der Waals surface area contributed by atoms with E-state index in [4.69, 9.17) is 27.9 Å². The number of amides is 1. The first-order valence-electron chi connectivity index (χ1n) is 9.51. The van der Waals surface area contributed by atoms with Crippen molar-refractivity contribution in [3.8, 4) is 5.75 Å². The highest BCUT2D eigenvalue weighted by Gasteiger charge is 2.33. The first kappa shape index (κ1) is 22.4. The number of hydrogen-bond acceptors (Lipinski definition) is 4. The van der Waals surface area contributed by atoms with Crippen LogP contribution in [0.25, 0.3) is 0 Å². The van der Waals surface area contributed by atoms with Gasteiger partial charge in [-0.1, -0.05) is 29.3 Å². The molecule has 0 saturated heterocycles. The Morgan fingerprint density at radius 1 is 1.09 bits per heavy atom. The maximum Gasteiger partial charge on any atom is 0.264 e. The third-order valence-corrected chi connectivity index (χ3v) is 7.25. The zero-order chi connectivity index (χ0) is 23.0. The lowest BCUT2D eigenvalue weighted by Gasteiger charge is -2.34. The van der Waals surface area contributed by atoms with Crippen LogP contribution in [0.4, 0.5) is 15.8 Å². The number of fused-ring (bicyclic) bond motifs is 1. The Kier molecular flexibility index (Phi) is 6.03. The molecule has 0 aliphatic carbocycles. The van der Waals surface area contributed by atoms with Crippen LogP contribution in [0.5, 0.6) is 5.75 Å². The van der Waals surface area contributed by atoms with Crippen molar-refractivity contribution in [2.24, 2.45) is 0 Å². The van der Waals surface area contributed by atoms with Crippen LogP contribution in [0.3, 0.4) is 0 Å². The fraction of sp³-hybridized carbons (Fsp3) is 0.136. The number of carbonyl (C=O) groups excluding carboxylic acids is 1. The highest BCUT2D eigenvalue weighted by Crippen LogP contribution is 2.39. The maximum atomic E-state index is 13.3. The quantitative estimate of drug-likeness (QED) is 0.529. The maximum absolute atomic E-state index is 13.3. The van der Waals surface area contributed by atoms with Crippen LogP contribution in [0.2, 0.25) is 10.0 Å². The lowest BCUT2D eigenvalue weighted by Crippen LogP contribution is -2.42. The molecular formula is C22H17Cl2FN2O4S. The molecule has 1 atom stereocenters. The third-order valence-electron chi connectivity index (χ3n) is 4.83.